The van der Waals surface area contributed by atoms with Crippen molar-refractivity contribution in [3.05, 3.63) is 23.4 Å². The molecule has 1 fully saturated rings. The molecule has 0 amide bonds. The smallest absolute Gasteiger partial charge is 0.290 e. The van der Waals surface area contributed by atoms with Gasteiger partial charge >= 0.3 is 0 Å². The number of rotatable bonds is 8. The standard InChI is InChI=1S/C25H37N3O2.CH2O2/c1-25(2,3)17-26-24-18-9-7-10-20(18)27-21-16-23(22(29-4)15-19(21)24)30-14-8-13-28-11-5-6-12-28;2-1-3/h15-16H,5-14,17H2,1-4H3,(H,26,27);1H,(H,2,3). The number of anilines is 1. The Morgan fingerprint density at radius 3 is 2.55 bits per heavy atom. The molecule has 2 N–H and O–H groups in total. The quantitative estimate of drug-likeness (QED) is 0.437. The Bertz CT molecular complexity index is 934. The second-order valence-electron chi connectivity index (χ2n) is 10.1. The Morgan fingerprint density at radius 2 is 1.88 bits per heavy atom. The van der Waals surface area contributed by atoms with Crippen LogP contribution in [0, 0.1) is 5.41 Å². The van der Waals surface area contributed by atoms with E-state index in [0.29, 0.717) is 6.61 Å². The monoisotopic (exact) mass is 457 g/mol. The van der Waals surface area contributed by atoms with Gasteiger partial charge in [0.1, 0.15) is 0 Å². The highest BCUT2D eigenvalue weighted by atomic mass is 16.5. The number of hydrogen-bond donors (Lipinski definition) is 2. The summed E-state index contributed by atoms with van der Waals surface area (Å²) in [5.41, 5.74) is 5.07. The molecule has 1 saturated heterocycles. The number of aromatic nitrogens is 1. The summed E-state index contributed by atoms with van der Waals surface area (Å²) in [4.78, 5) is 15.9. The van der Waals surface area contributed by atoms with Gasteiger partial charge in [-0.25, -0.2) is 0 Å². The Kier molecular flexibility index (Phi) is 8.78. The van der Waals surface area contributed by atoms with Crippen molar-refractivity contribution in [2.45, 2.75) is 59.3 Å². The molecule has 2 aliphatic rings. The number of likely N-dealkylation sites (tertiary alicyclic amines) is 1. The number of nitrogens with one attached hydrogen (secondary N) is 1. The van der Waals surface area contributed by atoms with E-state index in [-0.39, 0.29) is 11.9 Å². The van der Waals surface area contributed by atoms with E-state index in [0.717, 1.165) is 54.8 Å². The fraction of sp³-hybridized carbons (Fsp3) is 0.615. The van der Waals surface area contributed by atoms with Crippen LogP contribution < -0.4 is 14.8 Å². The van der Waals surface area contributed by atoms with Crippen LogP contribution in [0.25, 0.3) is 10.9 Å². The molecule has 0 unspecified atom stereocenters. The van der Waals surface area contributed by atoms with Gasteiger partial charge < -0.3 is 24.8 Å². The summed E-state index contributed by atoms with van der Waals surface area (Å²) in [5, 5.41) is 11.8. The number of hydrogen-bond acceptors (Lipinski definition) is 6. The fourth-order valence-electron chi connectivity index (χ4n) is 4.57. The zero-order valence-electron chi connectivity index (χ0n) is 20.6. The lowest BCUT2D eigenvalue weighted by atomic mass is 9.96. The number of methoxy groups -OCH3 is 1. The van der Waals surface area contributed by atoms with E-state index < -0.39 is 0 Å². The van der Waals surface area contributed by atoms with Crippen molar-refractivity contribution in [1.82, 2.24) is 9.88 Å². The molecule has 182 valence electrons. The largest absolute Gasteiger partial charge is 0.493 e. The normalized spacial score (nSPS) is 15.6. The third-order valence-corrected chi connectivity index (χ3v) is 6.17. The number of fused-ring (bicyclic) bond motifs is 2. The SMILES string of the molecule is COc1cc2c(NCC(C)(C)C)c3c(nc2cc1OCCCN1CCCC1)CCC3.O=CO. The third-order valence-electron chi connectivity index (χ3n) is 6.17. The highest BCUT2D eigenvalue weighted by Gasteiger charge is 2.22. The van der Waals surface area contributed by atoms with Gasteiger partial charge in [-0.2, -0.15) is 0 Å². The Balaban J connectivity index is 0.000000968. The topological polar surface area (TPSA) is 83.9 Å². The molecule has 7 nitrogen and oxygen atoms in total. The summed E-state index contributed by atoms with van der Waals surface area (Å²) in [6, 6.07) is 4.19. The molecule has 0 bridgehead atoms. The summed E-state index contributed by atoms with van der Waals surface area (Å²) in [6.07, 6.45) is 7.05. The molecule has 4 rings (SSSR count). The van der Waals surface area contributed by atoms with Gasteiger partial charge in [0.2, 0.25) is 0 Å². The number of carbonyl (C=O) groups is 1. The van der Waals surface area contributed by atoms with Gasteiger partial charge in [-0.3, -0.25) is 9.78 Å². The maximum Gasteiger partial charge on any atom is 0.290 e. The highest BCUT2D eigenvalue weighted by Crippen LogP contribution is 2.40. The van der Waals surface area contributed by atoms with Crippen LogP contribution in [0.2, 0.25) is 0 Å². The van der Waals surface area contributed by atoms with E-state index in [2.05, 4.69) is 43.1 Å². The van der Waals surface area contributed by atoms with Crippen LogP contribution in [-0.4, -0.2) is 61.4 Å². The van der Waals surface area contributed by atoms with Gasteiger partial charge in [-0.15, -0.1) is 0 Å². The molecule has 0 spiro atoms. The first kappa shape index (κ1) is 25.1. The third kappa shape index (κ3) is 6.73. The van der Waals surface area contributed by atoms with Crippen LogP contribution in [-0.2, 0) is 17.6 Å². The zero-order valence-corrected chi connectivity index (χ0v) is 20.6. The molecule has 0 radical (unpaired) electrons. The average Bonchev–Trinajstić information content (AvgIpc) is 3.45. The molecule has 0 atom stereocenters. The molecule has 1 aliphatic heterocycles. The van der Waals surface area contributed by atoms with Crippen LogP contribution in [0.1, 0.15) is 57.7 Å². The minimum Gasteiger partial charge on any atom is -0.493 e. The molecule has 2 heterocycles. The van der Waals surface area contributed by atoms with Gasteiger partial charge in [-0.1, -0.05) is 20.8 Å². The zero-order chi connectivity index (χ0) is 23.8. The molecule has 1 aromatic heterocycles. The predicted molar refractivity (Wildman–Crippen MR) is 133 cm³/mol. The van der Waals surface area contributed by atoms with Crippen molar-refractivity contribution in [2.75, 3.05) is 45.2 Å². The average molecular weight is 458 g/mol. The molecule has 1 aliphatic carbocycles. The van der Waals surface area contributed by atoms with Crippen molar-refractivity contribution in [1.29, 1.82) is 0 Å². The number of nitrogens with zero attached hydrogens (tertiary/aromatic N) is 2. The maximum atomic E-state index is 8.36. The van der Waals surface area contributed by atoms with Gasteiger partial charge in [0, 0.05) is 35.9 Å². The van der Waals surface area contributed by atoms with Crippen LogP contribution in [0.5, 0.6) is 11.5 Å². The molecular formula is C26H39N3O4. The van der Waals surface area contributed by atoms with Gasteiger partial charge in [-0.05, 0) is 68.7 Å². The summed E-state index contributed by atoms with van der Waals surface area (Å²) in [5.74, 6) is 1.60. The van der Waals surface area contributed by atoms with E-state index in [1.165, 1.54) is 49.3 Å². The lowest BCUT2D eigenvalue weighted by molar-refractivity contribution is -0.122. The summed E-state index contributed by atoms with van der Waals surface area (Å²) in [6.45, 7) is 11.8. The maximum absolute atomic E-state index is 8.36. The van der Waals surface area contributed by atoms with E-state index in [1.54, 1.807) is 7.11 Å². The lowest BCUT2D eigenvalue weighted by Gasteiger charge is -2.23. The van der Waals surface area contributed by atoms with Crippen molar-refractivity contribution in [2.24, 2.45) is 5.41 Å². The van der Waals surface area contributed by atoms with Gasteiger partial charge in [0.25, 0.3) is 6.47 Å². The number of aryl methyl sites for hydroxylation is 1. The minimum absolute atomic E-state index is 0.212. The number of ether oxygens (including phenoxy) is 2. The molecule has 33 heavy (non-hydrogen) atoms. The van der Waals surface area contributed by atoms with Crippen LogP contribution in [0.15, 0.2) is 12.1 Å². The van der Waals surface area contributed by atoms with E-state index in [4.69, 9.17) is 24.4 Å². The van der Waals surface area contributed by atoms with Crippen molar-refractivity contribution in [3.8, 4) is 11.5 Å². The number of benzene rings is 1. The van der Waals surface area contributed by atoms with Crippen molar-refractivity contribution in [3.63, 3.8) is 0 Å². The molecule has 0 saturated carbocycles. The fourth-order valence-corrected chi connectivity index (χ4v) is 4.57. The summed E-state index contributed by atoms with van der Waals surface area (Å²) in [7, 11) is 1.72. The lowest BCUT2D eigenvalue weighted by Crippen LogP contribution is -2.22. The Hall–Kier alpha value is -2.54. The molecule has 7 heteroatoms. The van der Waals surface area contributed by atoms with E-state index >= 15 is 0 Å². The highest BCUT2D eigenvalue weighted by molar-refractivity contribution is 5.96. The summed E-state index contributed by atoms with van der Waals surface area (Å²) < 4.78 is 11.9. The number of carboxylic acid groups (broad SMARTS) is 1. The second-order valence-corrected chi connectivity index (χ2v) is 10.1. The first-order valence-electron chi connectivity index (χ1n) is 12.1. The van der Waals surface area contributed by atoms with E-state index in [1.807, 2.05) is 0 Å². The molecule has 2 aromatic rings. The first-order chi connectivity index (χ1) is 15.9. The Labute approximate surface area is 197 Å². The van der Waals surface area contributed by atoms with Gasteiger partial charge in [0.15, 0.2) is 11.5 Å². The van der Waals surface area contributed by atoms with Gasteiger partial charge in [0.05, 0.1) is 19.2 Å². The first-order valence-corrected chi connectivity index (χ1v) is 12.1. The van der Waals surface area contributed by atoms with Crippen molar-refractivity contribution < 1.29 is 19.4 Å². The summed E-state index contributed by atoms with van der Waals surface area (Å²) >= 11 is 0. The van der Waals surface area contributed by atoms with E-state index in [9.17, 15) is 0 Å². The molecule has 1 aromatic carbocycles. The minimum atomic E-state index is -0.250. The second kappa shape index (κ2) is 11.5. The van der Waals surface area contributed by atoms with Crippen molar-refractivity contribution >= 4 is 23.1 Å². The Morgan fingerprint density at radius 1 is 1.15 bits per heavy atom. The number of pyridine rings is 1. The van der Waals surface area contributed by atoms with Crippen LogP contribution in [0.3, 0.4) is 0 Å². The molecular weight excluding hydrogens is 418 g/mol. The van der Waals surface area contributed by atoms with Crippen LogP contribution >= 0.6 is 0 Å². The predicted octanol–water partition coefficient (Wildman–Crippen LogP) is 4.76. The van der Waals surface area contributed by atoms with Crippen LogP contribution in [0.4, 0.5) is 5.69 Å².